The van der Waals surface area contributed by atoms with E-state index in [1.165, 1.54) is 26.0 Å². The van der Waals surface area contributed by atoms with Gasteiger partial charge in [-0.05, 0) is 51.8 Å². The van der Waals surface area contributed by atoms with Gasteiger partial charge in [0, 0.05) is 18.4 Å². The summed E-state index contributed by atoms with van der Waals surface area (Å²) in [4.78, 5) is 13.7. The quantitative estimate of drug-likeness (QED) is 0.0201. The number of hydrogen-bond acceptors (Lipinski definition) is 30. The minimum absolute atomic E-state index is 0.0863. The van der Waals surface area contributed by atoms with Crippen molar-refractivity contribution in [3.05, 3.63) is 29.8 Å². The second-order valence-corrected chi connectivity index (χ2v) is 22.3. The first-order chi connectivity index (χ1) is 41.0. The van der Waals surface area contributed by atoms with Crippen molar-refractivity contribution < 1.29 is 128 Å². The number of carbonyl (C=O) groups excluding carboxylic acids is 1. The molecule has 23 unspecified atom stereocenters. The van der Waals surface area contributed by atoms with E-state index in [1.807, 2.05) is 0 Å². The SMILES string of the molecule is CCCCCC#CCCCOc1cccc(C(=O)NC2C(OC3C(O)C(N)[C@H](OC4C(CO)OC(OC5C(O)C(N)[C@H](OC6C(COC(OC(C)[C@H](C)O)[C@H](O)CO)OC(C)C(N)C6O)O[C@H]5CO)C(N)C4O)O[C@H]3CO)OC(CO)C(O)C2O)c1. The van der Waals surface area contributed by atoms with Gasteiger partial charge in [-0.25, -0.2) is 0 Å². The molecule has 5 heterocycles. The van der Waals surface area contributed by atoms with Crippen LogP contribution in [0.1, 0.15) is 76.6 Å². The van der Waals surface area contributed by atoms with Crippen LogP contribution in [0, 0.1) is 11.8 Å². The standard InChI is InChI=1S/C55H93N5O26/c1-5-6-7-8-9-10-11-12-16-75-28-15-13-14-27(17-28)50(74)60-39-45(73)40(68)30(19-62)79-55(39)86-48-33(22-65)82-53(38(59)44(48)72)84-46-31(20-63)80-52(36(57)42(46)70)83-47-32(21-64)81-54(37(58)43(47)71)85-49-34(77-26(4)35(56)41(49)69)23-76-51(29(67)18-61)78-25(3)24(2)66/h13-15,17,24-26,29-49,51-55,61-73H,5-8,11-12,16,18-23,56-59H2,1-4H3,(H,60,74)/t24-,25?,26?,29+,30?,31?,32-,33-,34?,35?,36?,37?,38?,39?,40?,41?,42?,43?,44?,45?,46?,47?,48?,49?,51?,52?,53-,54-,55?/m0/s1. The zero-order valence-electron chi connectivity index (χ0n) is 48.7. The molecular formula is C55H93N5O26. The Balaban J connectivity index is 1.08. The number of carbonyl (C=O) groups is 1. The number of ether oxygens (including phenoxy) is 12. The van der Waals surface area contributed by atoms with E-state index in [0.717, 1.165) is 25.7 Å². The first kappa shape index (κ1) is 72.0. The first-order valence-corrected chi connectivity index (χ1v) is 29.2. The number of amides is 1. The minimum Gasteiger partial charge on any atom is -0.494 e. The van der Waals surface area contributed by atoms with E-state index in [0.29, 0.717) is 25.2 Å². The zero-order chi connectivity index (χ0) is 63.1. The maximum atomic E-state index is 13.7. The number of aliphatic hydroxyl groups excluding tert-OH is 13. The van der Waals surface area contributed by atoms with E-state index in [2.05, 4.69) is 24.1 Å². The second-order valence-electron chi connectivity index (χ2n) is 22.3. The highest BCUT2D eigenvalue weighted by molar-refractivity contribution is 5.94. The third kappa shape index (κ3) is 18.1. The van der Waals surface area contributed by atoms with E-state index in [4.69, 9.17) is 79.8 Å². The molecule has 0 bridgehead atoms. The molecule has 31 heteroatoms. The molecule has 22 N–H and O–H groups in total. The lowest BCUT2D eigenvalue weighted by Crippen LogP contribution is -2.71. The maximum Gasteiger partial charge on any atom is 0.251 e. The highest BCUT2D eigenvalue weighted by Crippen LogP contribution is 2.35. The molecule has 1 aromatic carbocycles. The van der Waals surface area contributed by atoms with Crippen molar-refractivity contribution in [1.82, 2.24) is 5.32 Å². The van der Waals surface area contributed by atoms with Crippen LogP contribution in [-0.4, -0.2) is 296 Å². The number of nitrogens with one attached hydrogen (secondary N) is 1. The molecule has 1 amide bonds. The molecule has 0 spiro atoms. The van der Waals surface area contributed by atoms with Gasteiger partial charge in [0.2, 0.25) is 0 Å². The van der Waals surface area contributed by atoms with Crippen molar-refractivity contribution >= 4 is 5.91 Å². The fourth-order valence-corrected chi connectivity index (χ4v) is 10.4. The van der Waals surface area contributed by atoms with Crippen molar-refractivity contribution in [2.75, 3.05) is 46.2 Å². The van der Waals surface area contributed by atoms with Crippen LogP contribution >= 0.6 is 0 Å². The lowest BCUT2D eigenvalue weighted by molar-refractivity contribution is -0.363. The average Bonchev–Trinajstić information content (AvgIpc) is 0.921. The fourth-order valence-electron chi connectivity index (χ4n) is 10.4. The Hall–Kier alpha value is -3.07. The topological polar surface area (TPSA) is 507 Å². The molecule has 6 rings (SSSR count). The smallest absolute Gasteiger partial charge is 0.251 e. The minimum atomic E-state index is -1.83. The molecule has 29 atom stereocenters. The number of rotatable bonds is 29. The fraction of sp³-hybridized carbons (Fsp3) is 0.836. The predicted molar refractivity (Wildman–Crippen MR) is 294 cm³/mol. The molecule has 86 heavy (non-hydrogen) atoms. The molecule has 1 aromatic rings. The summed E-state index contributed by atoms with van der Waals surface area (Å²) in [6, 6.07) is -1.17. The summed E-state index contributed by atoms with van der Waals surface area (Å²) < 4.78 is 71.2. The van der Waals surface area contributed by atoms with Gasteiger partial charge in [-0.2, -0.15) is 0 Å². The van der Waals surface area contributed by atoms with Crippen LogP contribution in [-0.2, 0) is 52.1 Å². The molecule has 5 saturated heterocycles. The van der Waals surface area contributed by atoms with Gasteiger partial charge in [-0.3, -0.25) is 4.79 Å². The Bertz CT molecular complexity index is 2220. The first-order valence-electron chi connectivity index (χ1n) is 29.2. The second kappa shape index (κ2) is 34.4. The van der Waals surface area contributed by atoms with Crippen LogP contribution in [0.15, 0.2) is 24.3 Å². The maximum absolute atomic E-state index is 13.7. The molecule has 494 valence electrons. The zero-order valence-corrected chi connectivity index (χ0v) is 48.7. The third-order valence-corrected chi connectivity index (χ3v) is 15.9. The molecular weight excluding hydrogens is 1150 g/mol. The van der Waals surface area contributed by atoms with Crippen molar-refractivity contribution in [1.29, 1.82) is 0 Å². The van der Waals surface area contributed by atoms with E-state index in [9.17, 15) is 71.2 Å². The summed E-state index contributed by atoms with van der Waals surface area (Å²) in [5.41, 5.74) is 25.7. The summed E-state index contributed by atoms with van der Waals surface area (Å²) in [6.45, 7) is 2.27. The van der Waals surface area contributed by atoms with Crippen molar-refractivity contribution in [2.24, 2.45) is 22.9 Å². The molecule has 0 aliphatic carbocycles. The summed E-state index contributed by atoms with van der Waals surface area (Å²) in [5, 5.41) is 143. The molecule has 5 aliphatic rings. The van der Waals surface area contributed by atoms with Gasteiger partial charge in [0.25, 0.3) is 5.91 Å². The van der Waals surface area contributed by atoms with Gasteiger partial charge in [0.05, 0.1) is 88.7 Å². The Morgan fingerprint density at radius 2 is 1.09 bits per heavy atom. The normalized spacial score (nSPS) is 40.0. The highest BCUT2D eigenvalue weighted by atomic mass is 16.8. The van der Waals surface area contributed by atoms with Crippen LogP contribution in [0.5, 0.6) is 5.75 Å². The van der Waals surface area contributed by atoms with Gasteiger partial charge >= 0.3 is 0 Å². The lowest BCUT2D eigenvalue weighted by Gasteiger charge is -2.50. The summed E-state index contributed by atoms with van der Waals surface area (Å²) in [6.07, 6.45) is -31.0. The van der Waals surface area contributed by atoms with E-state index in [1.54, 1.807) is 19.1 Å². The Morgan fingerprint density at radius 3 is 1.58 bits per heavy atom. The molecule has 5 fully saturated rings. The van der Waals surface area contributed by atoms with Gasteiger partial charge in [0.15, 0.2) is 31.5 Å². The van der Waals surface area contributed by atoms with Crippen molar-refractivity contribution in [2.45, 2.75) is 244 Å². The van der Waals surface area contributed by atoms with Gasteiger partial charge in [-0.1, -0.05) is 25.8 Å². The van der Waals surface area contributed by atoms with Crippen LogP contribution in [0.2, 0.25) is 0 Å². The van der Waals surface area contributed by atoms with Gasteiger partial charge in [-0.15, -0.1) is 11.8 Å². The number of aliphatic hydroxyl groups is 13. The average molecular weight is 1240 g/mol. The highest BCUT2D eigenvalue weighted by Gasteiger charge is 2.56. The molecule has 31 nitrogen and oxygen atoms in total. The number of unbranched alkanes of at least 4 members (excludes halogenated alkanes) is 4. The summed E-state index contributed by atoms with van der Waals surface area (Å²) >= 11 is 0. The number of benzene rings is 1. The molecule has 0 saturated carbocycles. The largest absolute Gasteiger partial charge is 0.494 e. The Labute approximate surface area is 498 Å². The van der Waals surface area contributed by atoms with E-state index >= 15 is 0 Å². The van der Waals surface area contributed by atoms with Gasteiger partial charge in [0.1, 0.15) is 109 Å². The number of nitrogens with two attached hydrogens (primary N) is 4. The lowest BCUT2D eigenvalue weighted by atomic mass is 9.93. The predicted octanol–water partition coefficient (Wildman–Crippen LogP) is -7.32. The Morgan fingerprint density at radius 1 is 0.616 bits per heavy atom. The van der Waals surface area contributed by atoms with Crippen molar-refractivity contribution in [3.8, 4) is 17.6 Å². The van der Waals surface area contributed by atoms with Gasteiger partial charge < -0.3 is 151 Å². The molecule has 0 aromatic heterocycles. The Kier molecular flexibility index (Phi) is 28.8. The third-order valence-electron chi connectivity index (χ3n) is 15.9. The number of hydrogen-bond donors (Lipinski definition) is 18. The van der Waals surface area contributed by atoms with Crippen LogP contribution in [0.25, 0.3) is 0 Å². The molecule has 5 aliphatic heterocycles. The van der Waals surface area contributed by atoms with Crippen LogP contribution < -0.4 is 33.0 Å². The monoisotopic (exact) mass is 1240 g/mol. The van der Waals surface area contributed by atoms with Crippen LogP contribution in [0.4, 0.5) is 0 Å². The summed E-state index contributed by atoms with van der Waals surface area (Å²) in [5.74, 6) is 5.88. The summed E-state index contributed by atoms with van der Waals surface area (Å²) in [7, 11) is 0. The molecule has 0 radical (unpaired) electrons. The van der Waals surface area contributed by atoms with Crippen LogP contribution in [0.3, 0.4) is 0 Å². The van der Waals surface area contributed by atoms with E-state index < -0.39 is 223 Å². The van der Waals surface area contributed by atoms with E-state index in [-0.39, 0.29) is 5.56 Å². The van der Waals surface area contributed by atoms with Crippen molar-refractivity contribution in [3.63, 3.8) is 0 Å².